The number of amides is 1. The zero-order chi connectivity index (χ0) is 16.5. The van der Waals surface area contributed by atoms with Gasteiger partial charge in [-0.2, -0.15) is 10.2 Å². The fraction of sp³-hybridized carbons (Fsp3) is 0.188. The number of nitrogens with zero attached hydrogens (tertiary/aromatic N) is 3. The number of H-pyrrole nitrogens is 1. The molecule has 0 unspecified atom stereocenters. The second-order valence-electron chi connectivity index (χ2n) is 5.61. The number of halogens is 1. The molecule has 0 aliphatic carbocycles. The van der Waals surface area contributed by atoms with Gasteiger partial charge >= 0.3 is 0 Å². The Morgan fingerprint density at radius 1 is 1.29 bits per heavy atom. The fourth-order valence-corrected chi connectivity index (χ4v) is 2.83. The minimum atomic E-state index is -0.293. The summed E-state index contributed by atoms with van der Waals surface area (Å²) in [5.74, 6) is 0.706. The van der Waals surface area contributed by atoms with E-state index in [2.05, 4.69) is 25.9 Å². The van der Waals surface area contributed by atoms with Crippen LogP contribution in [0, 0.1) is 0 Å². The molecule has 1 aliphatic heterocycles. The van der Waals surface area contributed by atoms with E-state index in [1.165, 1.54) is 0 Å². The molecule has 4 rings (SSSR count). The lowest BCUT2D eigenvalue weighted by Crippen LogP contribution is -2.40. The predicted octanol–water partition coefficient (Wildman–Crippen LogP) is 2.19. The molecule has 122 valence electrons. The smallest absolute Gasteiger partial charge is 0.277 e. The molecule has 0 radical (unpaired) electrons. The quantitative estimate of drug-likeness (QED) is 0.678. The monoisotopic (exact) mass is 342 g/mol. The van der Waals surface area contributed by atoms with Crippen molar-refractivity contribution in [1.29, 1.82) is 0 Å². The first kappa shape index (κ1) is 14.9. The van der Waals surface area contributed by atoms with E-state index < -0.39 is 0 Å². The minimum Gasteiger partial charge on any atom is -0.315 e. The van der Waals surface area contributed by atoms with Crippen LogP contribution in [0.4, 0.5) is 5.82 Å². The van der Waals surface area contributed by atoms with E-state index in [0.717, 1.165) is 24.3 Å². The fourth-order valence-electron chi connectivity index (χ4n) is 2.61. The lowest BCUT2D eigenvalue weighted by atomic mass is 9.96. The third-order valence-electron chi connectivity index (χ3n) is 4.05. The van der Waals surface area contributed by atoms with E-state index in [1.807, 2.05) is 18.2 Å². The molecule has 3 aromatic rings. The molecule has 2 aromatic heterocycles. The Hall–Kier alpha value is -2.64. The van der Waals surface area contributed by atoms with Crippen molar-refractivity contribution >= 4 is 23.3 Å². The molecule has 0 bridgehead atoms. The maximum atomic E-state index is 12.4. The van der Waals surface area contributed by atoms with Crippen LogP contribution in [0.2, 0.25) is 5.02 Å². The molecule has 7 nitrogen and oxygen atoms in total. The van der Waals surface area contributed by atoms with Gasteiger partial charge in [-0.15, -0.1) is 0 Å². The van der Waals surface area contributed by atoms with Crippen molar-refractivity contribution in [1.82, 2.24) is 25.3 Å². The second kappa shape index (κ2) is 6.10. The van der Waals surface area contributed by atoms with E-state index in [0.29, 0.717) is 22.5 Å². The SMILES string of the molecule is O=C(Nc1[nH]ncc1C1CNC1)c1ccn(-c2ccccc2Cl)n1. The van der Waals surface area contributed by atoms with Crippen LogP contribution in [0.25, 0.3) is 5.69 Å². The Morgan fingerprint density at radius 3 is 2.88 bits per heavy atom. The molecule has 1 aliphatic rings. The number of hydrogen-bond acceptors (Lipinski definition) is 4. The molecule has 1 fully saturated rings. The van der Waals surface area contributed by atoms with Gasteiger partial charge in [-0.3, -0.25) is 9.89 Å². The Kier molecular flexibility index (Phi) is 3.79. The average molecular weight is 343 g/mol. The Morgan fingerprint density at radius 2 is 2.12 bits per heavy atom. The van der Waals surface area contributed by atoms with Gasteiger partial charge in [0.1, 0.15) is 5.82 Å². The lowest BCUT2D eigenvalue weighted by Gasteiger charge is -2.26. The van der Waals surface area contributed by atoms with Crippen LogP contribution < -0.4 is 10.6 Å². The number of rotatable bonds is 4. The number of aromatic amines is 1. The standard InChI is InChI=1S/C16H15ClN6O/c17-12-3-1-2-4-14(12)23-6-5-13(22-23)16(24)20-15-11(9-19-21-15)10-7-18-8-10/h1-6,9-10,18H,7-8H2,(H2,19,20,21,24). The molecule has 0 atom stereocenters. The summed E-state index contributed by atoms with van der Waals surface area (Å²) in [5, 5.41) is 17.8. The molecule has 24 heavy (non-hydrogen) atoms. The highest BCUT2D eigenvalue weighted by Gasteiger charge is 2.24. The van der Waals surface area contributed by atoms with Gasteiger partial charge < -0.3 is 10.6 Å². The van der Waals surface area contributed by atoms with Crippen molar-refractivity contribution in [3.05, 3.63) is 59.0 Å². The van der Waals surface area contributed by atoms with E-state index in [9.17, 15) is 4.79 Å². The number of hydrogen-bond donors (Lipinski definition) is 3. The number of carbonyl (C=O) groups excluding carboxylic acids is 1. The van der Waals surface area contributed by atoms with E-state index in [1.54, 1.807) is 29.2 Å². The molecule has 0 saturated carbocycles. The number of anilines is 1. The topological polar surface area (TPSA) is 87.6 Å². The molecule has 3 heterocycles. The normalized spacial score (nSPS) is 14.4. The summed E-state index contributed by atoms with van der Waals surface area (Å²) in [7, 11) is 0. The molecule has 1 amide bonds. The van der Waals surface area contributed by atoms with Crippen LogP contribution >= 0.6 is 11.6 Å². The summed E-state index contributed by atoms with van der Waals surface area (Å²) < 4.78 is 1.58. The van der Waals surface area contributed by atoms with Crippen LogP contribution in [0.15, 0.2) is 42.7 Å². The second-order valence-corrected chi connectivity index (χ2v) is 6.01. The van der Waals surface area contributed by atoms with Gasteiger partial charge in [0.15, 0.2) is 5.69 Å². The molecule has 1 saturated heterocycles. The predicted molar refractivity (Wildman–Crippen MR) is 90.7 cm³/mol. The number of carbonyl (C=O) groups is 1. The molecule has 3 N–H and O–H groups in total. The van der Waals surface area contributed by atoms with Crippen LogP contribution in [0.1, 0.15) is 22.0 Å². The van der Waals surface area contributed by atoms with Crippen molar-refractivity contribution in [2.75, 3.05) is 18.4 Å². The Labute approximate surface area is 143 Å². The lowest BCUT2D eigenvalue weighted by molar-refractivity contribution is 0.102. The Balaban J connectivity index is 1.54. The van der Waals surface area contributed by atoms with Gasteiger partial charge in [0.05, 0.1) is 16.9 Å². The van der Waals surface area contributed by atoms with Gasteiger partial charge in [0.2, 0.25) is 0 Å². The van der Waals surface area contributed by atoms with Crippen LogP contribution in [-0.2, 0) is 0 Å². The maximum Gasteiger partial charge on any atom is 0.277 e. The van der Waals surface area contributed by atoms with Crippen LogP contribution in [0.3, 0.4) is 0 Å². The van der Waals surface area contributed by atoms with Crippen molar-refractivity contribution in [3.8, 4) is 5.69 Å². The van der Waals surface area contributed by atoms with Gasteiger partial charge in [0.25, 0.3) is 5.91 Å². The number of nitrogens with one attached hydrogen (secondary N) is 3. The largest absolute Gasteiger partial charge is 0.315 e. The molecular weight excluding hydrogens is 328 g/mol. The first-order valence-corrected chi connectivity index (χ1v) is 7.96. The van der Waals surface area contributed by atoms with Gasteiger partial charge in [0, 0.05) is 30.8 Å². The molecule has 1 aromatic carbocycles. The van der Waals surface area contributed by atoms with Crippen LogP contribution in [0.5, 0.6) is 0 Å². The summed E-state index contributed by atoms with van der Waals surface area (Å²) in [5.41, 5.74) is 2.04. The summed E-state index contributed by atoms with van der Waals surface area (Å²) >= 11 is 6.16. The maximum absolute atomic E-state index is 12.4. The zero-order valence-corrected chi connectivity index (χ0v) is 13.4. The minimum absolute atomic E-state index is 0.293. The third-order valence-corrected chi connectivity index (χ3v) is 4.37. The number of para-hydroxylation sites is 1. The highest BCUT2D eigenvalue weighted by Crippen LogP contribution is 2.25. The van der Waals surface area contributed by atoms with Crippen molar-refractivity contribution < 1.29 is 4.79 Å². The number of aromatic nitrogens is 4. The molecular formula is C16H15ClN6O. The van der Waals surface area contributed by atoms with E-state index in [-0.39, 0.29) is 5.91 Å². The summed E-state index contributed by atoms with van der Waals surface area (Å²) in [4.78, 5) is 12.4. The average Bonchev–Trinajstić information content (AvgIpc) is 3.16. The highest BCUT2D eigenvalue weighted by atomic mass is 35.5. The Bertz CT molecular complexity index is 882. The summed E-state index contributed by atoms with van der Waals surface area (Å²) in [6.07, 6.45) is 3.46. The third kappa shape index (κ3) is 2.68. The number of benzene rings is 1. The molecule has 0 spiro atoms. The molecule has 8 heteroatoms. The van der Waals surface area contributed by atoms with E-state index in [4.69, 9.17) is 11.6 Å². The first-order chi connectivity index (χ1) is 11.7. The van der Waals surface area contributed by atoms with Crippen molar-refractivity contribution in [2.24, 2.45) is 0 Å². The van der Waals surface area contributed by atoms with Gasteiger partial charge in [-0.1, -0.05) is 23.7 Å². The van der Waals surface area contributed by atoms with Crippen molar-refractivity contribution in [2.45, 2.75) is 5.92 Å². The van der Waals surface area contributed by atoms with Crippen molar-refractivity contribution in [3.63, 3.8) is 0 Å². The summed E-state index contributed by atoms with van der Waals surface area (Å²) in [6.45, 7) is 1.78. The summed E-state index contributed by atoms with van der Waals surface area (Å²) in [6, 6.07) is 8.99. The van der Waals surface area contributed by atoms with Crippen LogP contribution in [-0.4, -0.2) is 39.0 Å². The first-order valence-electron chi connectivity index (χ1n) is 7.58. The van der Waals surface area contributed by atoms with Gasteiger partial charge in [-0.05, 0) is 18.2 Å². The zero-order valence-electron chi connectivity index (χ0n) is 12.7. The highest BCUT2D eigenvalue weighted by molar-refractivity contribution is 6.32. The van der Waals surface area contributed by atoms with E-state index >= 15 is 0 Å². The van der Waals surface area contributed by atoms with Gasteiger partial charge in [-0.25, -0.2) is 4.68 Å².